The molecule has 0 amide bonds. The fraction of sp³-hybridized carbons (Fsp3) is 0.727. The molecule has 84 valence electrons. The molecule has 2 fully saturated rings. The van der Waals surface area contributed by atoms with E-state index in [1.165, 1.54) is 0 Å². The Hall–Kier alpha value is -0.870. The Morgan fingerprint density at radius 3 is 3.00 bits per heavy atom. The summed E-state index contributed by atoms with van der Waals surface area (Å²) in [6, 6.07) is 0. The summed E-state index contributed by atoms with van der Waals surface area (Å²) < 4.78 is 5.10. The van der Waals surface area contributed by atoms with Crippen molar-refractivity contribution in [2.24, 2.45) is 11.8 Å². The van der Waals surface area contributed by atoms with Crippen molar-refractivity contribution in [3.63, 3.8) is 0 Å². The van der Waals surface area contributed by atoms with Crippen LogP contribution in [0.25, 0.3) is 0 Å². The zero-order valence-corrected chi connectivity index (χ0v) is 8.67. The lowest BCUT2D eigenvalue weighted by atomic mass is 9.91. The fourth-order valence-electron chi connectivity index (χ4n) is 2.48. The second-order valence-electron chi connectivity index (χ2n) is 4.40. The van der Waals surface area contributed by atoms with E-state index in [4.69, 9.17) is 9.84 Å². The van der Waals surface area contributed by atoms with E-state index in [1.807, 2.05) is 6.08 Å². The van der Waals surface area contributed by atoms with Crippen LogP contribution in [0.2, 0.25) is 0 Å². The molecule has 0 spiro atoms. The van der Waals surface area contributed by atoms with Crippen molar-refractivity contribution in [2.45, 2.75) is 38.1 Å². The predicted molar refractivity (Wildman–Crippen MR) is 52.9 cm³/mol. The van der Waals surface area contributed by atoms with Crippen LogP contribution >= 0.6 is 0 Å². The van der Waals surface area contributed by atoms with Crippen molar-refractivity contribution >= 4 is 5.97 Å². The van der Waals surface area contributed by atoms with E-state index >= 15 is 0 Å². The quantitative estimate of drug-likeness (QED) is 0.508. The third-order valence-corrected chi connectivity index (χ3v) is 3.19. The summed E-state index contributed by atoms with van der Waals surface area (Å²) in [6.45, 7) is 1.66. The van der Waals surface area contributed by atoms with Gasteiger partial charge < -0.3 is 14.9 Å². The summed E-state index contributed by atoms with van der Waals surface area (Å²) in [5, 5.41) is 18.9. The number of carbonyl (C=O) groups excluding carboxylic acids is 1. The number of aliphatic hydroxyl groups is 2. The lowest BCUT2D eigenvalue weighted by molar-refractivity contribution is -0.141. The standard InChI is InChI=1S/C11H16O4/c1-6(12)2-3-7-8-4-11(14)15-10(8)5-9(7)13/h2-3,6-10,12-13H,4-5H2,1H3/b3-2+/t6?,7-,8-,9-,10+/m1/s1. The molecule has 1 saturated heterocycles. The first kappa shape index (κ1) is 10.6. The Morgan fingerprint density at radius 2 is 2.33 bits per heavy atom. The molecule has 0 aromatic carbocycles. The van der Waals surface area contributed by atoms with Crippen LogP contribution in [0.1, 0.15) is 19.8 Å². The highest BCUT2D eigenvalue weighted by Gasteiger charge is 2.48. The normalized spacial score (nSPS) is 41.9. The summed E-state index contributed by atoms with van der Waals surface area (Å²) >= 11 is 0. The first-order valence-electron chi connectivity index (χ1n) is 5.32. The first-order chi connectivity index (χ1) is 7.08. The number of ether oxygens (including phenoxy) is 1. The molecule has 0 aromatic heterocycles. The van der Waals surface area contributed by atoms with Crippen LogP contribution in [0.5, 0.6) is 0 Å². The molecule has 2 N–H and O–H groups in total. The number of aliphatic hydroxyl groups excluding tert-OH is 2. The van der Waals surface area contributed by atoms with Gasteiger partial charge in [-0.2, -0.15) is 0 Å². The summed E-state index contributed by atoms with van der Waals surface area (Å²) in [4.78, 5) is 11.1. The number of carbonyl (C=O) groups is 1. The van der Waals surface area contributed by atoms with Gasteiger partial charge >= 0.3 is 5.97 Å². The van der Waals surface area contributed by atoms with Gasteiger partial charge in [-0.1, -0.05) is 12.2 Å². The summed E-state index contributed by atoms with van der Waals surface area (Å²) in [5.74, 6) is -0.147. The Bertz CT molecular complexity index is 284. The SMILES string of the molecule is CC(O)/C=C/[C@@H]1[C@H]2CC(=O)O[C@H]2C[C@H]1O. The minimum atomic E-state index is -0.519. The maximum Gasteiger partial charge on any atom is 0.306 e. The van der Waals surface area contributed by atoms with Crippen LogP contribution in [-0.4, -0.2) is 34.5 Å². The van der Waals surface area contributed by atoms with Crippen molar-refractivity contribution < 1.29 is 19.7 Å². The average Bonchev–Trinajstić information content (AvgIpc) is 2.57. The molecule has 0 aromatic rings. The summed E-state index contributed by atoms with van der Waals surface area (Å²) in [5.41, 5.74) is 0. The van der Waals surface area contributed by atoms with Crippen LogP contribution in [0, 0.1) is 11.8 Å². The van der Waals surface area contributed by atoms with Gasteiger partial charge in [-0.15, -0.1) is 0 Å². The lowest BCUT2D eigenvalue weighted by Crippen LogP contribution is -2.18. The summed E-state index contributed by atoms with van der Waals surface area (Å²) in [6.07, 6.45) is 3.26. The molecule has 15 heavy (non-hydrogen) atoms. The van der Waals surface area contributed by atoms with Crippen LogP contribution in [0.15, 0.2) is 12.2 Å². The molecule has 0 radical (unpaired) electrons. The molecule has 1 aliphatic carbocycles. The van der Waals surface area contributed by atoms with Crippen molar-refractivity contribution in [1.29, 1.82) is 0 Å². The van der Waals surface area contributed by atoms with Gasteiger partial charge in [0, 0.05) is 18.3 Å². The first-order valence-corrected chi connectivity index (χ1v) is 5.32. The maximum absolute atomic E-state index is 11.1. The molecule has 4 heteroatoms. The van der Waals surface area contributed by atoms with Gasteiger partial charge in [0.15, 0.2) is 0 Å². The molecule has 1 heterocycles. The van der Waals surface area contributed by atoms with Gasteiger partial charge in [-0.05, 0) is 6.92 Å². The van der Waals surface area contributed by atoms with E-state index in [2.05, 4.69) is 0 Å². The van der Waals surface area contributed by atoms with Crippen molar-refractivity contribution in [1.82, 2.24) is 0 Å². The van der Waals surface area contributed by atoms with Crippen LogP contribution in [0.3, 0.4) is 0 Å². The van der Waals surface area contributed by atoms with Crippen molar-refractivity contribution in [3.8, 4) is 0 Å². The zero-order chi connectivity index (χ0) is 11.0. The number of rotatable bonds is 2. The Labute approximate surface area is 88.6 Å². The molecule has 0 bridgehead atoms. The third kappa shape index (κ3) is 2.06. The zero-order valence-electron chi connectivity index (χ0n) is 8.67. The van der Waals surface area contributed by atoms with Crippen molar-refractivity contribution in [3.05, 3.63) is 12.2 Å². The van der Waals surface area contributed by atoms with Gasteiger partial charge in [0.25, 0.3) is 0 Å². The van der Waals surface area contributed by atoms with E-state index in [1.54, 1.807) is 13.0 Å². The molecule has 1 aliphatic heterocycles. The number of fused-ring (bicyclic) bond motifs is 1. The molecule has 1 saturated carbocycles. The van der Waals surface area contributed by atoms with Gasteiger partial charge in [0.1, 0.15) is 6.10 Å². The number of hydrogen-bond acceptors (Lipinski definition) is 4. The average molecular weight is 212 g/mol. The molecule has 2 aliphatic rings. The minimum Gasteiger partial charge on any atom is -0.462 e. The smallest absolute Gasteiger partial charge is 0.306 e. The Kier molecular flexibility index (Phi) is 2.80. The lowest BCUT2D eigenvalue weighted by Gasteiger charge is -2.14. The van der Waals surface area contributed by atoms with E-state index < -0.39 is 12.2 Å². The number of esters is 1. The molecular formula is C11H16O4. The largest absolute Gasteiger partial charge is 0.462 e. The predicted octanol–water partition coefficient (Wildman–Crippen LogP) is 0.236. The minimum absolute atomic E-state index is 0.0592. The monoisotopic (exact) mass is 212 g/mol. The second kappa shape index (κ2) is 3.94. The van der Waals surface area contributed by atoms with Gasteiger partial charge in [-0.25, -0.2) is 0 Å². The van der Waals surface area contributed by atoms with E-state index in [0.29, 0.717) is 12.8 Å². The van der Waals surface area contributed by atoms with Gasteiger partial charge in [-0.3, -0.25) is 4.79 Å². The molecular weight excluding hydrogens is 196 g/mol. The fourth-order valence-corrected chi connectivity index (χ4v) is 2.48. The molecule has 4 nitrogen and oxygen atoms in total. The topological polar surface area (TPSA) is 66.8 Å². The van der Waals surface area contributed by atoms with Crippen LogP contribution in [0.4, 0.5) is 0 Å². The Balaban J connectivity index is 2.07. The maximum atomic E-state index is 11.1. The van der Waals surface area contributed by atoms with Crippen molar-refractivity contribution in [2.75, 3.05) is 0 Å². The highest BCUT2D eigenvalue weighted by Crippen LogP contribution is 2.41. The van der Waals surface area contributed by atoms with E-state index in [9.17, 15) is 9.90 Å². The summed E-state index contributed by atoms with van der Waals surface area (Å²) in [7, 11) is 0. The Morgan fingerprint density at radius 1 is 1.60 bits per heavy atom. The second-order valence-corrected chi connectivity index (χ2v) is 4.40. The third-order valence-electron chi connectivity index (χ3n) is 3.19. The highest BCUT2D eigenvalue weighted by atomic mass is 16.6. The highest BCUT2D eigenvalue weighted by molar-refractivity contribution is 5.72. The number of hydrogen-bond donors (Lipinski definition) is 2. The van der Waals surface area contributed by atoms with E-state index in [-0.39, 0.29) is 23.9 Å². The van der Waals surface area contributed by atoms with Gasteiger partial charge in [0.2, 0.25) is 0 Å². The molecule has 2 rings (SSSR count). The molecule has 5 atom stereocenters. The van der Waals surface area contributed by atoms with Crippen LogP contribution < -0.4 is 0 Å². The van der Waals surface area contributed by atoms with Crippen LogP contribution in [-0.2, 0) is 9.53 Å². The molecule has 1 unspecified atom stereocenters. The van der Waals surface area contributed by atoms with Gasteiger partial charge in [0.05, 0.1) is 18.6 Å². The van der Waals surface area contributed by atoms with E-state index in [0.717, 1.165) is 0 Å².